The molecule has 0 aliphatic rings. The van der Waals surface area contributed by atoms with Crippen LogP contribution in [0.4, 0.5) is 4.39 Å². The van der Waals surface area contributed by atoms with Gasteiger partial charge < -0.3 is 9.67 Å². The van der Waals surface area contributed by atoms with Crippen molar-refractivity contribution in [1.29, 1.82) is 0 Å². The highest BCUT2D eigenvalue weighted by Crippen LogP contribution is 2.22. The van der Waals surface area contributed by atoms with Crippen molar-refractivity contribution in [2.24, 2.45) is 0 Å². The Labute approximate surface area is 108 Å². The van der Waals surface area contributed by atoms with Crippen LogP contribution in [0.5, 0.6) is 0 Å². The molecule has 0 bridgehead atoms. The van der Waals surface area contributed by atoms with Gasteiger partial charge in [-0.05, 0) is 24.6 Å². The highest BCUT2D eigenvalue weighted by molar-refractivity contribution is 6.31. The monoisotopic (exact) mass is 267 g/mol. The van der Waals surface area contributed by atoms with Crippen molar-refractivity contribution >= 4 is 17.6 Å². The Balaban J connectivity index is 2.35. The van der Waals surface area contributed by atoms with Crippen LogP contribution in [0.25, 0.3) is 0 Å². The van der Waals surface area contributed by atoms with Crippen molar-refractivity contribution in [3.05, 3.63) is 58.1 Å². The Morgan fingerprint density at radius 3 is 2.78 bits per heavy atom. The molecular formula is C13H11ClFNO2. The van der Waals surface area contributed by atoms with Gasteiger partial charge in [0.15, 0.2) is 0 Å². The quantitative estimate of drug-likeness (QED) is 0.927. The summed E-state index contributed by atoms with van der Waals surface area (Å²) in [4.78, 5) is 10.9. The largest absolute Gasteiger partial charge is 0.478 e. The molecule has 0 spiro atoms. The van der Waals surface area contributed by atoms with Gasteiger partial charge in [0.1, 0.15) is 5.82 Å². The zero-order chi connectivity index (χ0) is 13.3. The summed E-state index contributed by atoms with van der Waals surface area (Å²) in [7, 11) is 0. The zero-order valence-corrected chi connectivity index (χ0v) is 10.4. The Hall–Kier alpha value is -1.81. The first kappa shape index (κ1) is 12.6. The molecule has 1 aromatic carbocycles. The highest BCUT2D eigenvalue weighted by Gasteiger charge is 2.13. The molecule has 1 N–H and O–H groups in total. The number of carboxylic acids is 1. The van der Waals surface area contributed by atoms with Crippen LogP contribution >= 0.6 is 11.6 Å². The van der Waals surface area contributed by atoms with E-state index in [1.807, 2.05) is 0 Å². The lowest BCUT2D eigenvalue weighted by Crippen LogP contribution is -2.04. The maximum atomic E-state index is 13.3. The molecule has 0 saturated carbocycles. The number of rotatable bonds is 3. The van der Waals surface area contributed by atoms with Crippen LogP contribution in [0.3, 0.4) is 0 Å². The van der Waals surface area contributed by atoms with Gasteiger partial charge in [-0.25, -0.2) is 9.18 Å². The first-order chi connectivity index (χ1) is 8.50. The van der Waals surface area contributed by atoms with Crippen molar-refractivity contribution in [3.8, 4) is 0 Å². The lowest BCUT2D eigenvalue weighted by Gasteiger charge is -2.09. The molecule has 0 aliphatic carbocycles. The Morgan fingerprint density at radius 2 is 2.17 bits per heavy atom. The molecule has 2 rings (SSSR count). The number of carbonyl (C=O) groups is 1. The number of hydrogen-bond donors (Lipinski definition) is 1. The van der Waals surface area contributed by atoms with Crippen molar-refractivity contribution in [2.75, 3.05) is 0 Å². The van der Waals surface area contributed by atoms with Gasteiger partial charge >= 0.3 is 5.97 Å². The van der Waals surface area contributed by atoms with Crippen LogP contribution in [0.1, 0.15) is 21.6 Å². The van der Waals surface area contributed by atoms with Crippen molar-refractivity contribution < 1.29 is 14.3 Å². The molecule has 0 radical (unpaired) electrons. The average Bonchev–Trinajstić information content (AvgIpc) is 2.67. The van der Waals surface area contributed by atoms with Crippen LogP contribution in [0.2, 0.25) is 5.02 Å². The summed E-state index contributed by atoms with van der Waals surface area (Å²) in [6.45, 7) is 2.05. The lowest BCUT2D eigenvalue weighted by molar-refractivity contribution is 0.0696. The molecule has 1 heterocycles. The van der Waals surface area contributed by atoms with Gasteiger partial charge in [0.2, 0.25) is 0 Å². The van der Waals surface area contributed by atoms with E-state index in [0.717, 1.165) is 0 Å². The summed E-state index contributed by atoms with van der Waals surface area (Å²) in [5, 5.41) is 9.02. The first-order valence-corrected chi connectivity index (χ1v) is 5.70. The number of carboxylic acid groups (broad SMARTS) is 1. The molecule has 94 valence electrons. The first-order valence-electron chi connectivity index (χ1n) is 5.32. The summed E-state index contributed by atoms with van der Waals surface area (Å²) in [5.41, 5.74) is 1.47. The predicted molar refractivity (Wildman–Crippen MR) is 66.6 cm³/mol. The zero-order valence-electron chi connectivity index (χ0n) is 9.65. The van der Waals surface area contributed by atoms with Crippen molar-refractivity contribution in [3.63, 3.8) is 0 Å². The van der Waals surface area contributed by atoms with Gasteiger partial charge in [-0.1, -0.05) is 23.7 Å². The fraction of sp³-hybridized carbons (Fsp3) is 0.154. The van der Waals surface area contributed by atoms with Crippen LogP contribution in [-0.4, -0.2) is 15.6 Å². The minimum atomic E-state index is -0.975. The van der Waals surface area contributed by atoms with Crippen LogP contribution in [0, 0.1) is 12.7 Å². The predicted octanol–water partition coefficient (Wildman–Crippen LogP) is 3.34. The molecule has 18 heavy (non-hydrogen) atoms. The van der Waals surface area contributed by atoms with E-state index in [0.29, 0.717) is 17.8 Å². The molecular weight excluding hydrogens is 257 g/mol. The number of hydrogen-bond acceptors (Lipinski definition) is 1. The van der Waals surface area contributed by atoms with Gasteiger partial charge in [0.25, 0.3) is 0 Å². The van der Waals surface area contributed by atoms with E-state index in [1.54, 1.807) is 29.8 Å². The minimum Gasteiger partial charge on any atom is -0.478 e. The Kier molecular flexibility index (Phi) is 3.39. The minimum absolute atomic E-state index is 0.0717. The molecule has 2 aromatic rings. The van der Waals surface area contributed by atoms with E-state index < -0.39 is 11.8 Å². The van der Waals surface area contributed by atoms with Gasteiger partial charge in [-0.2, -0.15) is 0 Å². The molecule has 0 saturated heterocycles. The number of aromatic carboxylic acids is 1. The summed E-state index contributed by atoms with van der Waals surface area (Å²) in [6.07, 6.45) is 1.65. The maximum Gasteiger partial charge on any atom is 0.337 e. The average molecular weight is 268 g/mol. The Bertz CT molecular complexity index is 607. The maximum absolute atomic E-state index is 13.3. The molecule has 3 nitrogen and oxygen atoms in total. The van der Waals surface area contributed by atoms with E-state index in [4.69, 9.17) is 16.7 Å². The summed E-state index contributed by atoms with van der Waals surface area (Å²) < 4.78 is 15.0. The third-order valence-electron chi connectivity index (χ3n) is 2.84. The van der Waals surface area contributed by atoms with Gasteiger partial charge in [0.05, 0.1) is 10.6 Å². The van der Waals surface area contributed by atoms with Gasteiger partial charge in [-0.15, -0.1) is 0 Å². The lowest BCUT2D eigenvalue weighted by atomic mass is 10.2. The molecule has 0 aliphatic heterocycles. The second-order valence-electron chi connectivity index (χ2n) is 3.96. The molecule has 0 amide bonds. The van der Waals surface area contributed by atoms with E-state index in [9.17, 15) is 9.18 Å². The van der Waals surface area contributed by atoms with E-state index in [2.05, 4.69) is 0 Å². The van der Waals surface area contributed by atoms with E-state index >= 15 is 0 Å². The SMILES string of the molecule is Cc1c(C(=O)O)ccn1Cc1cccc(F)c1Cl. The second-order valence-corrected chi connectivity index (χ2v) is 4.34. The molecule has 0 fully saturated rings. The third-order valence-corrected chi connectivity index (χ3v) is 3.27. The second kappa shape index (κ2) is 4.82. The van der Waals surface area contributed by atoms with Crippen molar-refractivity contribution in [1.82, 2.24) is 4.57 Å². The molecule has 0 atom stereocenters. The molecule has 5 heteroatoms. The van der Waals surface area contributed by atoms with Gasteiger partial charge in [0, 0.05) is 18.4 Å². The number of halogens is 2. The smallest absolute Gasteiger partial charge is 0.337 e. The van der Waals surface area contributed by atoms with Crippen LogP contribution < -0.4 is 0 Å². The number of nitrogens with zero attached hydrogens (tertiary/aromatic N) is 1. The third kappa shape index (κ3) is 2.24. The fourth-order valence-electron chi connectivity index (χ4n) is 1.80. The highest BCUT2D eigenvalue weighted by atomic mass is 35.5. The van der Waals surface area contributed by atoms with Crippen LogP contribution in [-0.2, 0) is 6.54 Å². The topological polar surface area (TPSA) is 42.2 Å². The normalized spacial score (nSPS) is 10.6. The van der Waals surface area contributed by atoms with Crippen LogP contribution in [0.15, 0.2) is 30.5 Å². The van der Waals surface area contributed by atoms with Crippen molar-refractivity contribution in [2.45, 2.75) is 13.5 Å². The Morgan fingerprint density at radius 1 is 1.44 bits per heavy atom. The standard InChI is InChI=1S/C13H11ClFNO2/c1-8-10(13(17)18)5-6-16(8)7-9-3-2-4-11(15)12(9)14/h2-6H,7H2,1H3,(H,17,18). The summed E-state index contributed by atoms with van der Waals surface area (Å²) >= 11 is 5.86. The number of benzene rings is 1. The number of aromatic nitrogens is 1. The molecule has 1 aromatic heterocycles. The van der Waals surface area contributed by atoms with Gasteiger partial charge in [-0.3, -0.25) is 0 Å². The summed E-state index contributed by atoms with van der Waals surface area (Å²) in [5.74, 6) is -1.45. The van der Waals surface area contributed by atoms with E-state index in [-0.39, 0.29) is 10.6 Å². The fourth-order valence-corrected chi connectivity index (χ4v) is 1.99. The van der Waals surface area contributed by atoms with E-state index in [1.165, 1.54) is 12.1 Å². The summed E-state index contributed by atoms with van der Waals surface area (Å²) in [6, 6.07) is 6.10. The molecule has 0 unspecified atom stereocenters.